The fourth-order valence-electron chi connectivity index (χ4n) is 9.82. The van der Waals surface area contributed by atoms with Gasteiger partial charge in [-0.25, -0.2) is 19.6 Å². The lowest BCUT2D eigenvalue weighted by Gasteiger charge is -2.35. The third-order valence-electron chi connectivity index (χ3n) is 13.4. The summed E-state index contributed by atoms with van der Waals surface area (Å²) in [6.07, 6.45) is 8.51. The van der Waals surface area contributed by atoms with Crippen molar-refractivity contribution in [2.24, 2.45) is 17.8 Å². The fraction of sp³-hybridized carbons (Fsp3) is 0.489. The number of piperidine rings is 1. The maximum absolute atomic E-state index is 14.2. The minimum atomic E-state index is -0.708. The van der Waals surface area contributed by atoms with E-state index in [0.29, 0.717) is 63.9 Å². The van der Waals surface area contributed by atoms with Crippen LogP contribution in [0.3, 0.4) is 0 Å². The Kier molecular flexibility index (Phi) is 13.2. The number of nitrogens with one attached hydrogen (secondary N) is 4. The average Bonchev–Trinajstić information content (AvgIpc) is 3.82. The predicted molar refractivity (Wildman–Crippen MR) is 242 cm³/mol. The number of hydrogen-bond acceptors (Lipinski definition) is 10. The van der Waals surface area contributed by atoms with Crippen LogP contribution in [0.2, 0.25) is 0 Å². The number of alkyl carbamates (subject to hydrolysis) is 2. The number of halogens is 1. The molecule has 4 amide bonds. The number of aromatic amines is 2. The van der Waals surface area contributed by atoms with Crippen molar-refractivity contribution in [1.29, 1.82) is 0 Å². The molecule has 1 saturated carbocycles. The second kappa shape index (κ2) is 19.3. The molecule has 4 aliphatic heterocycles. The van der Waals surface area contributed by atoms with E-state index in [1.54, 1.807) is 6.20 Å². The van der Waals surface area contributed by atoms with Crippen LogP contribution >= 0.6 is 22.6 Å². The van der Waals surface area contributed by atoms with Crippen molar-refractivity contribution in [3.8, 4) is 34.4 Å². The lowest BCUT2D eigenvalue weighted by Crippen LogP contribution is -2.54. The van der Waals surface area contributed by atoms with Gasteiger partial charge in [0.15, 0.2) is 0 Å². The number of hydrogen-bond donors (Lipinski definition) is 4. The molecule has 2 aromatic carbocycles. The summed E-state index contributed by atoms with van der Waals surface area (Å²) in [5.41, 5.74) is 5.31. The lowest BCUT2D eigenvalue weighted by molar-refractivity contribution is -0.138. The number of H-pyrrole nitrogens is 2. The largest absolute Gasteiger partial charge is 0.453 e. The van der Waals surface area contributed by atoms with Crippen LogP contribution in [0, 0.1) is 29.6 Å². The standard InChI is InChI=1S/C47H53IN8O8/c1-61-46(59)53-40(31-15-19-63-20-16-31)44(57)55-37-23-33(37)24-38(55)43-50-26-35(52-43)30-11-7-28(8-12-30)4-3-27-5-9-29(10-6-27)34-25-49-42(51-34)36-13-14-39(48)56(36)45(58)41(54-47(60)62-2)32-17-21-64-22-18-32/h5-12,25-26,31-33,36-41H,13-24H2,1-2H3,(H,49,51)(H,50,52)(H,53,59)(H,54,60)/t33-,36-,37-,38-,39+,40-,41-/m0/s1. The van der Waals surface area contributed by atoms with Gasteiger partial charge in [-0.2, -0.15) is 0 Å². The molecule has 17 heteroatoms. The molecular weight excluding hydrogens is 931 g/mol. The van der Waals surface area contributed by atoms with Crippen molar-refractivity contribution in [2.45, 2.75) is 85.6 Å². The van der Waals surface area contributed by atoms with Gasteiger partial charge in [-0.05, 0) is 105 Å². The Morgan fingerprint density at radius 2 is 1.14 bits per heavy atom. The van der Waals surface area contributed by atoms with Gasteiger partial charge in [0.1, 0.15) is 23.7 Å². The Morgan fingerprint density at radius 1 is 0.672 bits per heavy atom. The minimum absolute atomic E-state index is 0.0248. The molecule has 16 nitrogen and oxygen atoms in total. The van der Waals surface area contributed by atoms with Crippen LogP contribution in [0.1, 0.15) is 86.2 Å². The van der Waals surface area contributed by atoms with E-state index in [4.69, 9.17) is 28.9 Å². The van der Waals surface area contributed by atoms with Crippen LogP contribution in [0.5, 0.6) is 0 Å². The number of carbonyl (C=O) groups excluding carboxylic acids is 4. The van der Waals surface area contributed by atoms with Gasteiger partial charge in [-0.15, -0.1) is 0 Å². The number of nitrogens with zero attached hydrogens (tertiary/aromatic N) is 4. The van der Waals surface area contributed by atoms with Gasteiger partial charge in [0.25, 0.3) is 0 Å². The zero-order chi connectivity index (χ0) is 44.3. The number of benzene rings is 2. The van der Waals surface area contributed by atoms with Crippen LogP contribution in [0.25, 0.3) is 22.5 Å². The Labute approximate surface area is 385 Å². The normalized spacial score (nSPS) is 24.2. The first-order valence-corrected chi connectivity index (χ1v) is 23.4. The summed E-state index contributed by atoms with van der Waals surface area (Å²) in [7, 11) is 2.62. The monoisotopic (exact) mass is 984 g/mol. The number of fused-ring (bicyclic) bond motifs is 1. The van der Waals surface area contributed by atoms with Gasteiger partial charge in [0.2, 0.25) is 11.8 Å². The molecule has 64 heavy (non-hydrogen) atoms. The number of methoxy groups -OCH3 is 2. The second-order valence-electron chi connectivity index (χ2n) is 17.2. The first-order chi connectivity index (χ1) is 31.2. The van der Waals surface area contributed by atoms with Crippen LogP contribution in [-0.2, 0) is 28.5 Å². The quantitative estimate of drug-likeness (QED) is 0.0611. The summed E-state index contributed by atoms with van der Waals surface area (Å²) in [4.78, 5) is 73.3. The van der Waals surface area contributed by atoms with Crippen molar-refractivity contribution in [3.63, 3.8) is 0 Å². The van der Waals surface area contributed by atoms with E-state index < -0.39 is 24.3 Å². The number of imidazole rings is 2. The number of rotatable bonds is 10. The van der Waals surface area contributed by atoms with Crippen LogP contribution < -0.4 is 10.6 Å². The molecule has 2 aromatic heterocycles. The highest BCUT2D eigenvalue weighted by Crippen LogP contribution is 2.53. The van der Waals surface area contributed by atoms with Crippen molar-refractivity contribution in [2.75, 3.05) is 40.6 Å². The molecule has 4 aromatic rings. The molecule has 6 heterocycles. The topological polar surface area (TPSA) is 193 Å². The first-order valence-electron chi connectivity index (χ1n) is 22.1. The molecule has 9 rings (SSSR count). The highest BCUT2D eigenvalue weighted by atomic mass is 127. The molecule has 4 saturated heterocycles. The Balaban J connectivity index is 0.836. The minimum Gasteiger partial charge on any atom is -0.453 e. The van der Waals surface area contributed by atoms with Gasteiger partial charge in [0, 0.05) is 43.6 Å². The molecule has 7 atom stereocenters. The Morgan fingerprint density at radius 3 is 1.62 bits per heavy atom. The summed E-state index contributed by atoms with van der Waals surface area (Å²) in [5, 5.41) is 5.67. The molecule has 0 bridgehead atoms. The third-order valence-corrected chi connectivity index (χ3v) is 14.6. The number of ether oxygens (including phenoxy) is 4. The molecule has 0 unspecified atom stereocenters. The van der Waals surface area contributed by atoms with E-state index in [2.05, 4.69) is 55.0 Å². The summed E-state index contributed by atoms with van der Waals surface area (Å²) < 4.78 is 20.8. The average molecular weight is 985 g/mol. The van der Waals surface area contributed by atoms with E-state index in [0.717, 1.165) is 65.1 Å². The molecule has 0 radical (unpaired) electrons. The number of aromatic nitrogens is 4. The van der Waals surface area contributed by atoms with Crippen molar-refractivity contribution in [3.05, 3.63) is 83.7 Å². The van der Waals surface area contributed by atoms with Gasteiger partial charge in [-0.3, -0.25) is 9.59 Å². The number of alkyl halides is 1. The number of amides is 4. The van der Waals surface area contributed by atoms with Gasteiger partial charge in [0.05, 0.1) is 54.1 Å². The van der Waals surface area contributed by atoms with Crippen molar-refractivity contribution in [1.82, 2.24) is 40.4 Å². The zero-order valence-corrected chi connectivity index (χ0v) is 38.0. The lowest BCUT2D eigenvalue weighted by atomic mass is 9.90. The maximum Gasteiger partial charge on any atom is 0.407 e. The predicted octanol–water partition coefficient (Wildman–Crippen LogP) is 6.26. The number of likely N-dealkylation sites (tertiary alicyclic amines) is 2. The van der Waals surface area contributed by atoms with E-state index in [1.165, 1.54) is 14.2 Å². The van der Waals surface area contributed by atoms with E-state index in [9.17, 15) is 19.2 Å². The van der Waals surface area contributed by atoms with Gasteiger partial charge < -0.3 is 49.3 Å². The highest BCUT2D eigenvalue weighted by molar-refractivity contribution is 14.1. The van der Waals surface area contributed by atoms with E-state index in [1.807, 2.05) is 64.5 Å². The maximum atomic E-state index is 14.2. The highest BCUT2D eigenvalue weighted by Gasteiger charge is 2.56. The van der Waals surface area contributed by atoms with Gasteiger partial charge in [-0.1, -0.05) is 58.7 Å². The zero-order valence-electron chi connectivity index (χ0n) is 35.9. The molecule has 1 aliphatic carbocycles. The van der Waals surface area contributed by atoms with Gasteiger partial charge >= 0.3 is 12.2 Å². The smallest absolute Gasteiger partial charge is 0.407 e. The first kappa shape index (κ1) is 43.8. The fourth-order valence-corrected chi connectivity index (χ4v) is 10.8. The van der Waals surface area contributed by atoms with Crippen molar-refractivity contribution >= 4 is 46.6 Å². The van der Waals surface area contributed by atoms with Crippen molar-refractivity contribution < 1.29 is 38.1 Å². The van der Waals surface area contributed by atoms with Crippen LogP contribution in [0.4, 0.5) is 9.59 Å². The summed E-state index contributed by atoms with van der Waals surface area (Å²) >= 11 is 2.31. The summed E-state index contributed by atoms with van der Waals surface area (Å²) in [6, 6.07) is 14.3. The molecule has 5 aliphatic rings. The SMILES string of the molecule is COC(=O)N[C@H](C(=O)N1[C@@H](I)CC[C@H]1c1ncc(-c2ccc(C#Cc3ccc(-c4cnc([C@@H]5C[C@@H]6C[C@@H]6N5C(=O)[C@@H](NC(=O)OC)C5CCOCC5)[nH]4)cc3)cc2)[nH]1)C1CCOCC1. The number of carbonyl (C=O) groups is 4. The molecule has 5 fully saturated rings. The Bertz CT molecular complexity index is 2240. The molecule has 0 spiro atoms. The van der Waals surface area contributed by atoms with E-state index >= 15 is 0 Å². The molecule has 4 N–H and O–H groups in total. The van der Waals surface area contributed by atoms with Crippen LogP contribution in [-0.4, -0.2) is 117 Å². The Hall–Kier alpha value is -5.45. The summed E-state index contributed by atoms with van der Waals surface area (Å²) in [5.74, 6) is 8.15. The van der Waals surface area contributed by atoms with E-state index in [-0.39, 0.29) is 45.8 Å². The summed E-state index contributed by atoms with van der Waals surface area (Å²) in [6.45, 7) is 2.22. The second-order valence-corrected chi connectivity index (χ2v) is 18.7. The third kappa shape index (κ3) is 9.36. The van der Waals surface area contributed by atoms with Crippen LogP contribution in [0.15, 0.2) is 60.9 Å². The molecular formula is C47H53IN8O8. The molecule has 336 valence electrons.